The zero-order valence-electron chi connectivity index (χ0n) is 16.8. The zero-order chi connectivity index (χ0) is 19.5. The molecule has 0 bridgehead atoms. The minimum atomic E-state index is -0.0847. The van der Waals surface area contributed by atoms with E-state index in [4.69, 9.17) is 4.74 Å². The Morgan fingerprint density at radius 2 is 1.58 bits per heavy atom. The smallest absolute Gasteiger partial charge is 0.309 e. The average Bonchev–Trinajstić information content (AvgIpc) is 2.67. The van der Waals surface area contributed by atoms with Gasteiger partial charge in [0.15, 0.2) is 0 Å². The van der Waals surface area contributed by atoms with Gasteiger partial charge in [0.1, 0.15) is 0 Å². The molecule has 1 rings (SSSR count). The molecule has 1 fully saturated rings. The molecule has 0 spiro atoms. The van der Waals surface area contributed by atoms with Gasteiger partial charge in [-0.25, -0.2) is 0 Å². The van der Waals surface area contributed by atoms with Gasteiger partial charge in [-0.05, 0) is 32.9 Å². The quantitative estimate of drug-likeness (QED) is 0.544. The Morgan fingerprint density at radius 1 is 0.962 bits per heavy atom. The Balaban J connectivity index is 2.41. The maximum absolute atomic E-state index is 12.2. The van der Waals surface area contributed by atoms with Crippen LogP contribution in [-0.2, 0) is 19.1 Å². The first kappa shape index (κ1) is 22.4. The molecule has 0 unspecified atom stereocenters. The molecule has 0 aromatic carbocycles. The molecule has 1 aliphatic heterocycles. The summed E-state index contributed by atoms with van der Waals surface area (Å²) in [6.07, 6.45) is 2.58. The number of hydrogen-bond donors (Lipinski definition) is 0. The van der Waals surface area contributed by atoms with Crippen LogP contribution >= 0.6 is 0 Å². The van der Waals surface area contributed by atoms with Crippen molar-refractivity contribution >= 4 is 17.8 Å². The van der Waals surface area contributed by atoms with Crippen LogP contribution in [0.3, 0.4) is 0 Å². The number of esters is 1. The second-order valence-corrected chi connectivity index (χ2v) is 6.77. The summed E-state index contributed by atoms with van der Waals surface area (Å²) >= 11 is 0. The standard InChI is InChI=1S/C19H35N3O4/c1-5-17(23)20(4)12-14-22(18(24)6-2)15-13-21-10-8-16(9-11-21)19(25)26-7-3/h16H,5-15H2,1-4H3. The topological polar surface area (TPSA) is 70.2 Å². The average molecular weight is 370 g/mol. The number of nitrogens with zero attached hydrogens (tertiary/aromatic N) is 3. The highest BCUT2D eigenvalue weighted by Gasteiger charge is 2.26. The summed E-state index contributed by atoms with van der Waals surface area (Å²) in [6.45, 7) is 10.3. The molecule has 26 heavy (non-hydrogen) atoms. The van der Waals surface area contributed by atoms with Gasteiger partial charge in [-0.1, -0.05) is 13.8 Å². The van der Waals surface area contributed by atoms with Crippen molar-refractivity contribution < 1.29 is 19.1 Å². The molecule has 7 heteroatoms. The van der Waals surface area contributed by atoms with E-state index >= 15 is 0 Å². The van der Waals surface area contributed by atoms with Gasteiger partial charge in [0.25, 0.3) is 0 Å². The molecule has 0 aliphatic carbocycles. The van der Waals surface area contributed by atoms with Crippen molar-refractivity contribution in [2.75, 3.05) is 52.9 Å². The van der Waals surface area contributed by atoms with Crippen LogP contribution in [0.4, 0.5) is 0 Å². The van der Waals surface area contributed by atoms with E-state index in [0.717, 1.165) is 32.5 Å². The van der Waals surface area contributed by atoms with Gasteiger partial charge >= 0.3 is 5.97 Å². The normalized spacial score (nSPS) is 15.5. The van der Waals surface area contributed by atoms with Crippen LogP contribution in [-0.4, -0.2) is 85.4 Å². The third-order valence-electron chi connectivity index (χ3n) is 4.98. The van der Waals surface area contributed by atoms with Crippen molar-refractivity contribution in [1.82, 2.24) is 14.7 Å². The van der Waals surface area contributed by atoms with Crippen molar-refractivity contribution in [2.45, 2.75) is 46.5 Å². The van der Waals surface area contributed by atoms with E-state index in [1.165, 1.54) is 0 Å². The summed E-state index contributed by atoms with van der Waals surface area (Å²) in [5.41, 5.74) is 0. The zero-order valence-corrected chi connectivity index (χ0v) is 16.8. The molecule has 0 saturated carbocycles. The van der Waals surface area contributed by atoms with Crippen LogP contribution in [0, 0.1) is 5.92 Å². The van der Waals surface area contributed by atoms with Crippen LogP contribution in [0.15, 0.2) is 0 Å². The summed E-state index contributed by atoms with van der Waals surface area (Å²) in [5.74, 6) is 0.130. The Morgan fingerprint density at radius 3 is 2.12 bits per heavy atom. The van der Waals surface area contributed by atoms with Crippen LogP contribution < -0.4 is 0 Å². The minimum Gasteiger partial charge on any atom is -0.466 e. The molecule has 1 heterocycles. The summed E-state index contributed by atoms with van der Waals surface area (Å²) in [6, 6.07) is 0. The van der Waals surface area contributed by atoms with E-state index in [2.05, 4.69) is 4.90 Å². The van der Waals surface area contributed by atoms with E-state index in [1.807, 2.05) is 25.7 Å². The third kappa shape index (κ3) is 7.32. The lowest BCUT2D eigenvalue weighted by Crippen LogP contribution is -2.45. The van der Waals surface area contributed by atoms with Gasteiger partial charge < -0.3 is 19.4 Å². The van der Waals surface area contributed by atoms with Crippen molar-refractivity contribution in [3.63, 3.8) is 0 Å². The highest BCUT2D eigenvalue weighted by molar-refractivity contribution is 5.77. The van der Waals surface area contributed by atoms with Crippen molar-refractivity contribution in [1.29, 1.82) is 0 Å². The molecular weight excluding hydrogens is 334 g/mol. The lowest BCUT2D eigenvalue weighted by atomic mass is 9.97. The van der Waals surface area contributed by atoms with Crippen LogP contribution in [0.2, 0.25) is 0 Å². The Kier molecular flexibility index (Phi) is 10.2. The number of piperidine rings is 1. The fourth-order valence-corrected chi connectivity index (χ4v) is 3.16. The minimum absolute atomic E-state index is 0.00767. The van der Waals surface area contributed by atoms with Crippen LogP contribution in [0.1, 0.15) is 46.5 Å². The third-order valence-corrected chi connectivity index (χ3v) is 4.98. The molecule has 1 saturated heterocycles. The Labute approximate surface area is 157 Å². The van der Waals surface area contributed by atoms with Gasteiger partial charge in [0.05, 0.1) is 12.5 Å². The number of rotatable bonds is 10. The number of likely N-dealkylation sites (tertiary alicyclic amines) is 1. The molecule has 1 aliphatic rings. The van der Waals surface area contributed by atoms with E-state index in [0.29, 0.717) is 39.1 Å². The highest BCUT2D eigenvalue weighted by atomic mass is 16.5. The molecule has 2 amide bonds. The number of carbonyl (C=O) groups excluding carboxylic acids is 3. The second-order valence-electron chi connectivity index (χ2n) is 6.77. The van der Waals surface area contributed by atoms with Crippen LogP contribution in [0.25, 0.3) is 0 Å². The number of ether oxygens (including phenoxy) is 1. The lowest BCUT2D eigenvalue weighted by molar-refractivity contribution is -0.149. The van der Waals surface area contributed by atoms with Gasteiger partial charge in [0.2, 0.25) is 11.8 Å². The molecule has 0 atom stereocenters. The number of carbonyl (C=O) groups is 3. The Bertz CT molecular complexity index is 462. The van der Waals surface area contributed by atoms with Crippen molar-refractivity contribution in [3.05, 3.63) is 0 Å². The summed E-state index contributed by atoms with van der Waals surface area (Å²) in [7, 11) is 1.78. The van der Waals surface area contributed by atoms with Gasteiger partial charge in [-0.3, -0.25) is 14.4 Å². The largest absolute Gasteiger partial charge is 0.466 e. The van der Waals surface area contributed by atoms with Gasteiger partial charge in [-0.15, -0.1) is 0 Å². The highest BCUT2D eigenvalue weighted by Crippen LogP contribution is 2.18. The summed E-state index contributed by atoms with van der Waals surface area (Å²) < 4.78 is 5.10. The maximum atomic E-state index is 12.2. The van der Waals surface area contributed by atoms with Gasteiger partial charge in [0, 0.05) is 46.1 Å². The lowest BCUT2D eigenvalue weighted by Gasteiger charge is -2.33. The molecular formula is C19H35N3O4. The molecule has 0 aromatic rings. The first-order valence-corrected chi connectivity index (χ1v) is 9.83. The fraction of sp³-hybridized carbons (Fsp3) is 0.842. The molecule has 7 nitrogen and oxygen atoms in total. The number of likely N-dealkylation sites (N-methyl/N-ethyl adjacent to an activating group) is 1. The van der Waals surface area contributed by atoms with Crippen LogP contribution in [0.5, 0.6) is 0 Å². The van der Waals surface area contributed by atoms with E-state index in [9.17, 15) is 14.4 Å². The number of hydrogen-bond acceptors (Lipinski definition) is 5. The predicted octanol–water partition coefficient (Wildman–Crippen LogP) is 1.37. The monoisotopic (exact) mass is 369 g/mol. The second kappa shape index (κ2) is 11.9. The number of amides is 2. The molecule has 0 N–H and O–H groups in total. The molecule has 0 aromatic heterocycles. The first-order valence-electron chi connectivity index (χ1n) is 9.83. The van der Waals surface area contributed by atoms with Crippen molar-refractivity contribution in [2.24, 2.45) is 5.92 Å². The fourth-order valence-electron chi connectivity index (χ4n) is 3.16. The maximum Gasteiger partial charge on any atom is 0.309 e. The van der Waals surface area contributed by atoms with Crippen molar-refractivity contribution in [3.8, 4) is 0 Å². The summed E-state index contributed by atoms with van der Waals surface area (Å²) in [5, 5.41) is 0. The SMILES string of the molecule is CCOC(=O)C1CCN(CCN(CCN(C)C(=O)CC)C(=O)CC)CC1. The first-order chi connectivity index (χ1) is 12.4. The molecule has 150 valence electrons. The summed E-state index contributed by atoms with van der Waals surface area (Å²) in [4.78, 5) is 41.5. The molecule has 0 radical (unpaired) electrons. The predicted molar refractivity (Wildman–Crippen MR) is 101 cm³/mol. The van der Waals surface area contributed by atoms with Gasteiger partial charge in [-0.2, -0.15) is 0 Å². The Hall–Kier alpha value is -1.63. The van der Waals surface area contributed by atoms with E-state index < -0.39 is 0 Å². The van der Waals surface area contributed by atoms with E-state index in [-0.39, 0.29) is 23.7 Å². The van der Waals surface area contributed by atoms with E-state index in [1.54, 1.807) is 11.9 Å².